The van der Waals surface area contributed by atoms with Gasteiger partial charge in [0.05, 0.1) is 6.54 Å². The molecule has 0 saturated heterocycles. The van der Waals surface area contributed by atoms with Crippen molar-refractivity contribution in [1.82, 2.24) is 25.5 Å². The Morgan fingerprint density at radius 3 is 2.81 bits per heavy atom. The van der Waals surface area contributed by atoms with Crippen LogP contribution in [0.5, 0.6) is 5.75 Å². The molecule has 0 bridgehead atoms. The van der Waals surface area contributed by atoms with E-state index in [4.69, 9.17) is 4.74 Å². The van der Waals surface area contributed by atoms with E-state index in [1.54, 1.807) is 12.1 Å². The molecule has 0 aliphatic carbocycles. The number of rotatable bonds is 7. The lowest BCUT2D eigenvalue weighted by atomic mass is 10.2. The minimum Gasteiger partial charge on any atom is -0.492 e. The van der Waals surface area contributed by atoms with Gasteiger partial charge < -0.3 is 10.1 Å². The molecule has 26 heavy (non-hydrogen) atoms. The van der Waals surface area contributed by atoms with Crippen LogP contribution in [0.3, 0.4) is 0 Å². The third-order valence-electron chi connectivity index (χ3n) is 3.52. The Balaban J connectivity index is 1.44. The van der Waals surface area contributed by atoms with Crippen molar-refractivity contribution in [3.05, 3.63) is 59.9 Å². The molecule has 0 aliphatic rings. The smallest absolute Gasteiger partial charge is 0.243 e. The molecule has 0 fully saturated rings. The highest BCUT2D eigenvalue weighted by atomic mass is 19.1. The van der Waals surface area contributed by atoms with Crippen LogP contribution >= 0.6 is 0 Å². The Kier molecular flexibility index (Phi) is 5.52. The number of halogens is 1. The lowest BCUT2D eigenvalue weighted by Gasteiger charge is -2.08. The summed E-state index contributed by atoms with van der Waals surface area (Å²) in [5, 5.41) is 14.5. The van der Waals surface area contributed by atoms with Gasteiger partial charge in [-0.25, -0.2) is 4.39 Å². The monoisotopic (exact) mass is 355 g/mol. The number of nitrogens with zero attached hydrogens (tertiary/aromatic N) is 4. The predicted octanol–water partition coefficient (Wildman–Crippen LogP) is 1.98. The maximum Gasteiger partial charge on any atom is 0.243 e. The van der Waals surface area contributed by atoms with Gasteiger partial charge in [-0.3, -0.25) is 4.79 Å². The SMILES string of the molecule is Cc1cccc(OCCNC(=O)Cn2nnc(-c3ccc(F)cc3)n2)c1. The molecule has 0 spiro atoms. The number of nitrogens with one attached hydrogen (secondary N) is 1. The lowest BCUT2D eigenvalue weighted by molar-refractivity contribution is -0.122. The van der Waals surface area contributed by atoms with Gasteiger partial charge in [0.1, 0.15) is 24.7 Å². The molecule has 2 aromatic carbocycles. The van der Waals surface area contributed by atoms with Crippen LogP contribution < -0.4 is 10.1 Å². The molecule has 134 valence electrons. The molecule has 1 amide bonds. The predicted molar refractivity (Wildman–Crippen MR) is 92.9 cm³/mol. The van der Waals surface area contributed by atoms with Crippen molar-refractivity contribution in [1.29, 1.82) is 0 Å². The van der Waals surface area contributed by atoms with E-state index < -0.39 is 0 Å². The minimum atomic E-state index is -0.339. The van der Waals surface area contributed by atoms with Crippen molar-refractivity contribution >= 4 is 5.91 Å². The van der Waals surface area contributed by atoms with E-state index in [-0.39, 0.29) is 18.3 Å². The second-order valence-corrected chi connectivity index (χ2v) is 5.67. The number of aryl methyl sites for hydroxylation is 1. The second-order valence-electron chi connectivity index (χ2n) is 5.67. The van der Waals surface area contributed by atoms with Crippen LogP contribution in [0, 0.1) is 12.7 Å². The summed E-state index contributed by atoms with van der Waals surface area (Å²) >= 11 is 0. The number of tetrazole rings is 1. The van der Waals surface area contributed by atoms with Gasteiger partial charge in [0.2, 0.25) is 11.7 Å². The van der Waals surface area contributed by atoms with Gasteiger partial charge in [-0.2, -0.15) is 4.80 Å². The lowest BCUT2D eigenvalue weighted by Crippen LogP contribution is -2.31. The van der Waals surface area contributed by atoms with E-state index in [9.17, 15) is 9.18 Å². The van der Waals surface area contributed by atoms with Gasteiger partial charge in [0, 0.05) is 5.56 Å². The van der Waals surface area contributed by atoms with Gasteiger partial charge in [-0.15, -0.1) is 10.2 Å². The fourth-order valence-electron chi connectivity index (χ4n) is 2.27. The van der Waals surface area contributed by atoms with Crippen molar-refractivity contribution in [2.45, 2.75) is 13.5 Å². The molecule has 3 rings (SSSR count). The van der Waals surface area contributed by atoms with E-state index >= 15 is 0 Å². The summed E-state index contributed by atoms with van der Waals surface area (Å²) in [5.41, 5.74) is 1.74. The average molecular weight is 355 g/mol. The first-order valence-corrected chi connectivity index (χ1v) is 8.10. The normalized spacial score (nSPS) is 10.5. The van der Waals surface area contributed by atoms with Gasteiger partial charge in [0.25, 0.3) is 0 Å². The maximum absolute atomic E-state index is 12.9. The highest BCUT2D eigenvalue weighted by Crippen LogP contribution is 2.13. The van der Waals surface area contributed by atoms with E-state index in [2.05, 4.69) is 20.7 Å². The third kappa shape index (κ3) is 4.85. The molecule has 1 N–H and O–H groups in total. The molecule has 1 aromatic heterocycles. The number of aromatic nitrogens is 4. The minimum absolute atomic E-state index is 0.0569. The zero-order chi connectivity index (χ0) is 18.4. The van der Waals surface area contributed by atoms with Crippen molar-refractivity contribution in [2.75, 3.05) is 13.2 Å². The van der Waals surface area contributed by atoms with Gasteiger partial charge in [-0.1, -0.05) is 12.1 Å². The number of benzene rings is 2. The first-order chi connectivity index (χ1) is 12.6. The summed E-state index contributed by atoms with van der Waals surface area (Å²) in [6.07, 6.45) is 0. The number of carbonyl (C=O) groups is 1. The Labute approximate surface area is 149 Å². The maximum atomic E-state index is 12.9. The molecule has 0 saturated carbocycles. The summed E-state index contributed by atoms with van der Waals surface area (Å²) in [4.78, 5) is 13.1. The first-order valence-electron chi connectivity index (χ1n) is 8.10. The van der Waals surface area contributed by atoms with Crippen LogP contribution in [-0.4, -0.2) is 39.3 Å². The molecule has 8 heteroatoms. The topological polar surface area (TPSA) is 81.9 Å². The van der Waals surface area contributed by atoms with Gasteiger partial charge in [-0.05, 0) is 54.1 Å². The molecular weight excluding hydrogens is 337 g/mol. The van der Waals surface area contributed by atoms with Crippen LogP contribution in [0.1, 0.15) is 5.56 Å². The molecular formula is C18H18FN5O2. The van der Waals surface area contributed by atoms with Crippen LogP contribution in [-0.2, 0) is 11.3 Å². The molecule has 0 unspecified atom stereocenters. The highest BCUT2D eigenvalue weighted by Gasteiger charge is 2.09. The number of carbonyl (C=O) groups excluding carboxylic acids is 1. The van der Waals surface area contributed by atoms with Crippen molar-refractivity contribution in [3.63, 3.8) is 0 Å². The highest BCUT2D eigenvalue weighted by molar-refractivity contribution is 5.75. The standard InChI is InChI=1S/C18H18FN5O2/c1-13-3-2-4-16(11-13)26-10-9-20-17(25)12-24-22-18(21-23-24)14-5-7-15(19)8-6-14/h2-8,11H,9-10,12H2,1H3,(H,20,25). The summed E-state index contributed by atoms with van der Waals surface area (Å²) in [6, 6.07) is 13.4. The Morgan fingerprint density at radius 2 is 2.04 bits per heavy atom. The molecule has 0 atom stereocenters. The van der Waals surface area contributed by atoms with Gasteiger partial charge in [0.15, 0.2) is 0 Å². The zero-order valence-electron chi connectivity index (χ0n) is 14.2. The summed E-state index contributed by atoms with van der Waals surface area (Å²) < 4.78 is 18.5. The molecule has 1 heterocycles. The first kappa shape index (κ1) is 17.5. The summed E-state index contributed by atoms with van der Waals surface area (Å²) in [5.74, 6) is 0.510. The fourth-order valence-corrected chi connectivity index (χ4v) is 2.27. The Morgan fingerprint density at radius 1 is 1.23 bits per heavy atom. The van der Waals surface area contributed by atoms with E-state index in [0.29, 0.717) is 24.5 Å². The molecule has 0 radical (unpaired) electrons. The van der Waals surface area contributed by atoms with Crippen LogP contribution in [0.25, 0.3) is 11.4 Å². The molecule has 3 aromatic rings. The number of hydrogen-bond donors (Lipinski definition) is 1. The average Bonchev–Trinajstić information content (AvgIpc) is 3.08. The quantitative estimate of drug-likeness (QED) is 0.656. The zero-order valence-corrected chi connectivity index (χ0v) is 14.2. The van der Waals surface area contributed by atoms with Crippen LogP contribution in [0.4, 0.5) is 4.39 Å². The van der Waals surface area contributed by atoms with Gasteiger partial charge >= 0.3 is 0 Å². The fraction of sp³-hybridized carbons (Fsp3) is 0.222. The van der Waals surface area contributed by atoms with Crippen molar-refractivity contribution < 1.29 is 13.9 Å². The molecule has 7 nitrogen and oxygen atoms in total. The third-order valence-corrected chi connectivity index (χ3v) is 3.52. The number of hydrogen-bond acceptors (Lipinski definition) is 5. The Hall–Kier alpha value is -3.29. The Bertz CT molecular complexity index is 879. The van der Waals surface area contributed by atoms with E-state index in [1.165, 1.54) is 16.9 Å². The van der Waals surface area contributed by atoms with Crippen molar-refractivity contribution in [3.8, 4) is 17.1 Å². The van der Waals surface area contributed by atoms with E-state index in [1.807, 2.05) is 31.2 Å². The largest absolute Gasteiger partial charge is 0.492 e. The molecule has 0 aliphatic heterocycles. The van der Waals surface area contributed by atoms with Crippen LogP contribution in [0.2, 0.25) is 0 Å². The second kappa shape index (κ2) is 8.19. The number of amides is 1. The van der Waals surface area contributed by atoms with Crippen molar-refractivity contribution in [2.24, 2.45) is 0 Å². The van der Waals surface area contributed by atoms with Crippen LogP contribution in [0.15, 0.2) is 48.5 Å². The number of ether oxygens (including phenoxy) is 1. The van der Waals surface area contributed by atoms with E-state index in [0.717, 1.165) is 11.3 Å². The summed E-state index contributed by atoms with van der Waals surface area (Å²) in [6.45, 7) is 2.66. The summed E-state index contributed by atoms with van der Waals surface area (Å²) in [7, 11) is 0.